The standard InChI is InChI=1S/C23H25N3S/c1-15-5-6-17(12-20(15)14-26(3)4)18-7-8-21-22(13-18)27-23(25-21)19-9-10-24-16(2)11-19/h5-8,11-14,16,24H,1,9-10H2,2-4H3/b20-14-. The first kappa shape index (κ1) is 18.0. The molecule has 0 saturated carbocycles. The third kappa shape index (κ3) is 3.82. The third-order valence-electron chi connectivity index (χ3n) is 4.85. The molecule has 4 heteroatoms. The van der Waals surface area contributed by atoms with E-state index in [0.717, 1.165) is 33.9 Å². The number of nitrogens with zero attached hydrogens (tertiary/aromatic N) is 2. The molecule has 0 spiro atoms. The second-order valence-electron chi connectivity index (χ2n) is 7.39. The summed E-state index contributed by atoms with van der Waals surface area (Å²) >= 11 is 1.80. The van der Waals surface area contributed by atoms with Crippen LogP contribution in [0, 0.1) is 0 Å². The highest BCUT2D eigenvalue weighted by atomic mass is 32.1. The first-order chi connectivity index (χ1) is 13.0. The Balaban J connectivity index is 1.75. The predicted octanol–water partition coefficient (Wildman–Crippen LogP) is 3.44. The van der Waals surface area contributed by atoms with Crippen molar-refractivity contribution in [3.8, 4) is 11.1 Å². The van der Waals surface area contributed by atoms with Gasteiger partial charge < -0.3 is 10.2 Å². The molecule has 1 aliphatic rings. The third-order valence-corrected chi connectivity index (χ3v) is 5.95. The number of aromatic nitrogens is 1. The SMILES string of the molecule is C=c1ccc(-c2ccc3nc(C4=CC(C)NCC4)sc3c2)c/c1=C/N(C)C. The average molecular weight is 376 g/mol. The molecule has 2 aromatic carbocycles. The van der Waals surface area contributed by atoms with E-state index in [1.807, 2.05) is 14.1 Å². The van der Waals surface area contributed by atoms with Crippen molar-refractivity contribution in [2.24, 2.45) is 0 Å². The van der Waals surface area contributed by atoms with Gasteiger partial charge in [0.1, 0.15) is 5.01 Å². The van der Waals surface area contributed by atoms with Crippen LogP contribution >= 0.6 is 11.3 Å². The monoisotopic (exact) mass is 375 g/mol. The highest BCUT2D eigenvalue weighted by Gasteiger charge is 2.14. The van der Waals surface area contributed by atoms with Gasteiger partial charge in [0.25, 0.3) is 0 Å². The summed E-state index contributed by atoms with van der Waals surface area (Å²) in [6.45, 7) is 7.36. The van der Waals surface area contributed by atoms with Gasteiger partial charge >= 0.3 is 0 Å². The van der Waals surface area contributed by atoms with Gasteiger partial charge in [0, 0.05) is 26.3 Å². The first-order valence-corrected chi connectivity index (χ1v) is 10.1. The summed E-state index contributed by atoms with van der Waals surface area (Å²) in [6, 6.07) is 13.4. The zero-order valence-electron chi connectivity index (χ0n) is 16.1. The van der Waals surface area contributed by atoms with Gasteiger partial charge in [-0.15, -0.1) is 11.3 Å². The second kappa shape index (κ2) is 7.29. The molecule has 1 N–H and O–H groups in total. The van der Waals surface area contributed by atoms with Gasteiger partial charge in [-0.05, 0) is 65.2 Å². The van der Waals surface area contributed by atoms with Crippen molar-refractivity contribution in [3.05, 3.63) is 57.9 Å². The Kier molecular flexibility index (Phi) is 4.85. The van der Waals surface area contributed by atoms with E-state index in [-0.39, 0.29) is 0 Å². The lowest BCUT2D eigenvalue weighted by Crippen LogP contribution is -2.29. The molecule has 0 fully saturated rings. The lowest BCUT2D eigenvalue weighted by molar-refractivity contribution is 0.614. The van der Waals surface area contributed by atoms with Crippen molar-refractivity contribution in [1.82, 2.24) is 15.2 Å². The molecule has 1 atom stereocenters. The van der Waals surface area contributed by atoms with Crippen LogP contribution in [-0.4, -0.2) is 36.6 Å². The maximum atomic E-state index is 4.88. The summed E-state index contributed by atoms with van der Waals surface area (Å²) in [5, 5.41) is 6.81. The number of benzene rings is 2. The van der Waals surface area contributed by atoms with E-state index in [9.17, 15) is 0 Å². The molecular weight excluding hydrogens is 350 g/mol. The molecule has 0 amide bonds. The normalized spacial score (nSPS) is 18.0. The summed E-state index contributed by atoms with van der Waals surface area (Å²) in [6.07, 6.45) is 5.46. The zero-order valence-corrected chi connectivity index (χ0v) is 16.9. The molecular formula is C23H25N3S. The van der Waals surface area contributed by atoms with E-state index >= 15 is 0 Å². The topological polar surface area (TPSA) is 28.2 Å². The van der Waals surface area contributed by atoms with E-state index in [0.29, 0.717) is 6.04 Å². The number of hydrogen-bond acceptors (Lipinski definition) is 4. The highest BCUT2D eigenvalue weighted by molar-refractivity contribution is 7.19. The maximum Gasteiger partial charge on any atom is 0.120 e. The second-order valence-corrected chi connectivity index (χ2v) is 8.42. The van der Waals surface area contributed by atoms with Crippen molar-refractivity contribution in [2.45, 2.75) is 19.4 Å². The van der Waals surface area contributed by atoms with Gasteiger partial charge in [-0.25, -0.2) is 4.98 Å². The Morgan fingerprint density at radius 3 is 2.74 bits per heavy atom. The molecule has 1 aromatic heterocycles. The fourth-order valence-electron chi connectivity index (χ4n) is 3.47. The molecule has 1 unspecified atom stereocenters. The lowest BCUT2D eigenvalue weighted by atomic mass is 10.0. The van der Waals surface area contributed by atoms with Crippen LogP contribution in [0.3, 0.4) is 0 Å². The van der Waals surface area contributed by atoms with Crippen molar-refractivity contribution >= 4 is 39.9 Å². The van der Waals surface area contributed by atoms with Crippen LogP contribution in [-0.2, 0) is 0 Å². The summed E-state index contributed by atoms with van der Waals surface area (Å²) in [5.41, 5.74) is 4.88. The first-order valence-electron chi connectivity index (χ1n) is 9.32. The Morgan fingerprint density at radius 1 is 1.19 bits per heavy atom. The van der Waals surface area contributed by atoms with E-state index in [4.69, 9.17) is 4.98 Å². The number of nitrogens with one attached hydrogen (secondary N) is 1. The molecule has 27 heavy (non-hydrogen) atoms. The van der Waals surface area contributed by atoms with Crippen LogP contribution in [0.4, 0.5) is 0 Å². The number of rotatable bonds is 3. The zero-order chi connectivity index (χ0) is 19.0. The minimum absolute atomic E-state index is 0.420. The van der Waals surface area contributed by atoms with Crippen molar-refractivity contribution in [2.75, 3.05) is 20.6 Å². The molecule has 0 radical (unpaired) electrons. The number of fused-ring (bicyclic) bond motifs is 1. The van der Waals surface area contributed by atoms with Gasteiger partial charge in [-0.3, -0.25) is 0 Å². The van der Waals surface area contributed by atoms with Gasteiger partial charge in [-0.1, -0.05) is 30.9 Å². The van der Waals surface area contributed by atoms with Crippen molar-refractivity contribution < 1.29 is 0 Å². The summed E-state index contributed by atoms with van der Waals surface area (Å²) in [7, 11) is 4.07. The summed E-state index contributed by atoms with van der Waals surface area (Å²) in [4.78, 5) is 6.93. The number of thiazole rings is 1. The minimum Gasteiger partial charge on any atom is -0.383 e. The summed E-state index contributed by atoms with van der Waals surface area (Å²) in [5.74, 6) is 0. The van der Waals surface area contributed by atoms with Crippen LogP contribution in [0.5, 0.6) is 0 Å². The Hall–Kier alpha value is -2.43. The van der Waals surface area contributed by atoms with E-state index < -0.39 is 0 Å². The predicted molar refractivity (Wildman–Crippen MR) is 118 cm³/mol. The smallest absolute Gasteiger partial charge is 0.120 e. The van der Waals surface area contributed by atoms with Gasteiger partial charge in [0.05, 0.1) is 10.2 Å². The highest BCUT2D eigenvalue weighted by Crippen LogP contribution is 2.32. The van der Waals surface area contributed by atoms with Crippen molar-refractivity contribution in [1.29, 1.82) is 0 Å². The Labute approximate surface area is 164 Å². The quantitative estimate of drug-likeness (QED) is 0.760. The van der Waals surface area contributed by atoms with Crippen LogP contribution in [0.15, 0.2) is 42.5 Å². The van der Waals surface area contributed by atoms with Crippen LogP contribution in [0.25, 0.3) is 39.7 Å². The van der Waals surface area contributed by atoms with Crippen LogP contribution in [0.1, 0.15) is 18.4 Å². The molecule has 1 aliphatic heterocycles. The fourth-order valence-corrected chi connectivity index (χ4v) is 4.53. The lowest BCUT2D eigenvalue weighted by Gasteiger charge is -2.17. The van der Waals surface area contributed by atoms with Gasteiger partial charge in [-0.2, -0.15) is 0 Å². The largest absolute Gasteiger partial charge is 0.383 e. The van der Waals surface area contributed by atoms with Gasteiger partial charge in [0.15, 0.2) is 0 Å². The minimum atomic E-state index is 0.420. The molecule has 3 nitrogen and oxygen atoms in total. The van der Waals surface area contributed by atoms with E-state index in [2.05, 4.69) is 72.4 Å². The molecule has 0 aliphatic carbocycles. The Bertz CT molecular complexity index is 1120. The molecule has 138 valence electrons. The maximum absolute atomic E-state index is 4.88. The van der Waals surface area contributed by atoms with E-state index in [1.54, 1.807) is 11.3 Å². The van der Waals surface area contributed by atoms with Crippen LogP contribution in [0.2, 0.25) is 0 Å². The number of hydrogen-bond donors (Lipinski definition) is 1. The fraction of sp³-hybridized carbons (Fsp3) is 0.261. The molecule has 2 heterocycles. The molecule has 3 aromatic rings. The Morgan fingerprint density at radius 2 is 1.96 bits per heavy atom. The average Bonchev–Trinajstić information content (AvgIpc) is 3.06. The van der Waals surface area contributed by atoms with Crippen LogP contribution < -0.4 is 15.8 Å². The molecule has 0 saturated heterocycles. The van der Waals surface area contributed by atoms with Crippen molar-refractivity contribution in [3.63, 3.8) is 0 Å². The van der Waals surface area contributed by atoms with E-state index in [1.165, 1.54) is 21.4 Å². The van der Waals surface area contributed by atoms with Gasteiger partial charge in [0.2, 0.25) is 0 Å². The summed E-state index contributed by atoms with van der Waals surface area (Å²) < 4.78 is 1.24. The molecule has 4 rings (SSSR count). The molecule has 0 bridgehead atoms.